The Hall–Kier alpha value is -1.69. The van der Waals surface area contributed by atoms with Gasteiger partial charge in [-0.05, 0) is 6.54 Å². The van der Waals surface area contributed by atoms with Crippen molar-refractivity contribution in [2.45, 2.75) is 13.5 Å². The Morgan fingerprint density at radius 2 is 2.06 bits per heavy atom. The quantitative estimate of drug-likeness (QED) is 0.805. The molecule has 1 aliphatic rings. The Morgan fingerprint density at radius 1 is 1.33 bits per heavy atom. The number of piperazine rings is 1. The first-order chi connectivity index (χ1) is 8.70. The summed E-state index contributed by atoms with van der Waals surface area (Å²) in [5.41, 5.74) is 1.06. The summed E-state index contributed by atoms with van der Waals surface area (Å²) in [5, 5.41) is 3.22. The first kappa shape index (κ1) is 12.8. The van der Waals surface area contributed by atoms with Crippen molar-refractivity contribution < 1.29 is 4.79 Å². The first-order valence-corrected chi connectivity index (χ1v) is 6.21. The molecule has 1 aliphatic heterocycles. The molecular formula is C12H19N5O. The van der Waals surface area contributed by atoms with Crippen LogP contribution in [0.1, 0.15) is 12.5 Å². The summed E-state index contributed by atoms with van der Waals surface area (Å²) in [4.78, 5) is 23.9. The van der Waals surface area contributed by atoms with Gasteiger partial charge in [0.25, 0.3) is 0 Å². The number of carbonyl (C=O) groups is 1. The highest BCUT2D eigenvalue weighted by Gasteiger charge is 2.22. The molecule has 98 valence electrons. The van der Waals surface area contributed by atoms with Crippen LogP contribution >= 0.6 is 0 Å². The monoisotopic (exact) mass is 249 g/mol. The molecule has 18 heavy (non-hydrogen) atoms. The Labute approximate surface area is 107 Å². The molecule has 0 aliphatic carbocycles. The maximum atomic E-state index is 11.6. The molecule has 1 N–H and O–H groups in total. The van der Waals surface area contributed by atoms with E-state index in [-0.39, 0.29) is 5.91 Å². The van der Waals surface area contributed by atoms with Gasteiger partial charge in [0.15, 0.2) is 0 Å². The molecule has 0 unspecified atom stereocenters. The largest absolute Gasteiger partial charge is 0.342 e. The molecule has 0 atom stereocenters. The van der Waals surface area contributed by atoms with E-state index in [1.807, 2.05) is 24.3 Å². The second-order valence-electron chi connectivity index (χ2n) is 4.41. The number of carbonyl (C=O) groups excluding carboxylic acids is 1. The van der Waals surface area contributed by atoms with E-state index in [0.29, 0.717) is 12.5 Å². The van der Waals surface area contributed by atoms with Gasteiger partial charge in [0.1, 0.15) is 0 Å². The van der Waals surface area contributed by atoms with Crippen molar-refractivity contribution in [2.24, 2.45) is 0 Å². The van der Waals surface area contributed by atoms with E-state index in [0.717, 1.165) is 31.7 Å². The van der Waals surface area contributed by atoms with Crippen molar-refractivity contribution in [1.29, 1.82) is 0 Å². The topological polar surface area (TPSA) is 61.4 Å². The molecule has 0 saturated carbocycles. The summed E-state index contributed by atoms with van der Waals surface area (Å²) in [6.07, 6.45) is 3.63. The Morgan fingerprint density at radius 3 is 2.67 bits per heavy atom. The van der Waals surface area contributed by atoms with Crippen LogP contribution in [0.4, 0.5) is 5.95 Å². The molecule has 0 spiro atoms. The average molecular weight is 249 g/mol. The van der Waals surface area contributed by atoms with Gasteiger partial charge in [-0.25, -0.2) is 9.97 Å². The van der Waals surface area contributed by atoms with Crippen molar-refractivity contribution in [1.82, 2.24) is 20.2 Å². The number of likely N-dealkylation sites (N-methyl/N-ethyl adjacent to an activating group) is 1. The fourth-order valence-electron chi connectivity index (χ4n) is 1.80. The van der Waals surface area contributed by atoms with Gasteiger partial charge in [-0.1, -0.05) is 6.92 Å². The van der Waals surface area contributed by atoms with Gasteiger partial charge in [-0.3, -0.25) is 4.79 Å². The first-order valence-electron chi connectivity index (χ1n) is 6.21. The lowest BCUT2D eigenvalue weighted by Crippen LogP contribution is -2.49. The number of rotatable bonds is 4. The van der Waals surface area contributed by atoms with E-state index in [1.165, 1.54) is 0 Å². The van der Waals surface area contributed by atoms with Crippen LogP contribution in [0.25, 0.3) is 0 Å². The third-order valence-electron chi connectivity index (χ3n) is 3.01. The highest BCUT2D eigenvalue weighted by molar-refractivity contribution is 5.81. The van der Waals surface area contributed by atoms with Crippen LogP contribution in [0.5, 0.6) is 0 Å². The van der Waals surface area contributed by atoms with Gasteiger partial charge in [0, 0.05) is 44.6 Å². The number of hydrogen-bond donors (Lipinski definition) is 1. The van der Waals surface area contributed by atoms with Crippen LogP contribution in [0.15, 0.2) is 12.4 Å². The van der Waals surface area contributed by atoms with E-state index >= 15 is 0 Å². The summed E-state index contributed by atoms with van der Waals surface area (Å²) in [5.74, 6) is 0.748. The van der Waals surface area contributed by atoms with Crippen LogP contribution in [0.2, 0.25) is 0 Å². The van der Waals surface area contributed by atoms with Crippen LogP contribution < -0.4 is 10.2 Å². The molecule has 0 aromatic carbocycles. The molecule has 2 heterocycles. The molecule has 1 aromatic rings. The van der Waals surface area contributed by atoms with Crippen molar-refractivity contribution in [3.63, 3.8) is 0 Å². The molecular weight excluding hydrogens is 230 g/mol. The molecule has 1 amide bonds. The van der Waals surface area contributed by atoms with Gasteiger partial charge >= 0.3 is 0 Å². The van der Waals surface area contributed by atoms with E-state index < -0.39 is 0 Å². The lowest BCUT2D eigenvalue weighted by atomic mass is 10.3. The summed E-state index contributed by atoms with van der Waals surface area (Å²) in [6.45, 7) is 5.64. The fraction of sp³-hybridized carbons (Fsp3) is 0.583. The molecule has 6 heteroatoms. The van der Waals surface area contributed by atoms with Crippen molar-refractivity contribution in [3.05, 3.63) is 18.0 Å². The standard InChI is InChI=1S/C12H19N5O/c1-3-13-6-10-7-14-12(15-8-10)17-5-4-16(2)11(18)9-17/h7-8,13H,3-6,9H2,1-2H3. The SMILES string of the molecule is CCNCc1cnc(N2CCN(C)C(=O)C2)nc1. The highest BCUT2D eigenvalue weighted by Crippen LogP contribution is 2.10. The third-order valence-corrected chi connectivity index (χ3v) is 3.01. The van der Waals surface area contributed by atoms with E-state index in [4.69, 9.17) is 0 Å². The second kappa shape index (κ2) is 5.77. The van der Waals surface area contributed by atoms with Gasteiger partial charge < -0.3 is 15.1 Å². The van der Waals surface area contributed by atoms with Crippen LogP contribution in [0, 0.1) is 0 Å². The maximum absolute atomic E-state index is 11.6. The molecule has 0 radical (unpaired) electrons. The average Bonchev–Trinajstić information content (AvgIpc) is 2.40. The van der Waals surface area contributed by atoms with E-state index in [9.17, 15) is 4.79 Å². The predicted molar refractivity (Wildman–Crippen MR) is 69.3 cm³/mol. The summed E-state index contributed by atoms with van der Waals surface area (Å²) in [6, 6.07) is 0. The van der Waals surface area contributed by atoms with Gasteiger partial charge in [0.2, 0.25) is 11.9 Å². The molecule has 6 nitrogen and oxygen atoms in total. The number of nitrogens with one attached hydrogen (secondary N) is 1. The summed E-state index contributed by atoms with van der Waals surface area (Å²) in [7, 11) is 1.82. The zero-order chi connectivity index (χ0) is 13.0. The van der Waals surface area contributed by atoms with E-state index in [2.05, 4.69) is 22.2 Å². The van der Waals surface area contributed by atoms with Gasteiger partial charge in [-0.2, -0.15) is 0 Å². The van der Waals surface area contributed by atoms with Crippen LogP contribution in [-0.4, -0.2) is 54.0 Å². The minimum Gasteiger partial charge on any atom is -0.342 e. The molecule has 1 saturated heterocycles. The smallest absolute Gasteiger partial charge is 0.242 e. The lowest BCUT2D eigenvalue weighted by Gasteiger charge is -2.31. The number of aromatic nitrogens is 2. The Balaban J connectivity index is 1.99. The normalized spacial score (nSPS) is 16.2. The van der Waals surface area contributed by atoms with Crippen molar-refractivity contribution in [2.75, 3.05) is 38.1 Å². The summed E-state index contributed by atoms with van der Waals surface area (Å²) < 4.78 is 0. The third kappa shape index (κ3) is 2.95. The highest BCUT2D eigenvalue weighted by atomic mass is 16.2. The number of anilines is 1. The number of amides is 1. The Kier molecular flexibility index (Phi) is 4.09. The van der Waals surface area contributed by atoms with Crippen LogP contribution in [0.3, 0.4) is 0 Å². The molecule has 2 rings (SSSR count). The van der Waals surface area contributed by atoms with Gasteiger partial charge in [0.05, 0.1) is 6.54 Å². The van der Waals surface area contributed by atoms with Gasteiger partial charge in [-0.15, -0.1) is 0 Å². The van der Waals surface area contributed by atoms with Crippen LogP contribution in [-0.2, 0) is 11.3 Å². The summed E-state index contributed by atoms with van der Waals surface area (Å²) >= 11 is 0. The minimum absolute atomic E-state index is 0.113. The Bertz CT molecular complexity index is 405. The second-order valence-corrected chi connectivity index (χ2v) is 4.41. The molecule has 1 aromatic heterocycles. The number of hydrogen-bond acceptors (Lipinski definition) is 5. The lowest BCUT2D eigenvalue weighted by molar-refractivity contribution is -0.129. The molecule has 0 bridgehead atoms. The minimum atomic E-state index is 0.113. The zero-order valence-corrected chi connectivity index (χ0v) is 10.9. The van der Waals surface area contributed by atoms with E-state index in [1.54, 1.807) is 4.90 Å². The van der Waals surface area contributed by atoms with Crippen molar-refractivity contribution >= 4 is 11.9 Å². The van der Waals surface area contributed by atoms with Crippen molar-refractivity contribution in [3.8, 4) is 0 Å². The maximum Gasteiger partial charge on any atom is 0.242 e. The zero-order valence-electron chi connectivity index (χ0n) is 10.9. The predicted octanol–water partition coefficient (Wildman–Crippen LogP) is -0.135. The fourth-order valence-corrected chi connectivity index (χ4v) is 1.80. The number of nitrogens with zero attached hydrogens (tertiary/aromatic N) is 4. The molecule has 1 fully saturated rings.